The summed E-state index contributed by atoms with van der Waals surface area (Å²) in [6.45, 7) is 2.78. The second-order valence-electron chi connectivity index (χ2n) is 8.25. The van der Waals surface area contributed by atoms with Crippen LogP contribution in [0.3, 0.4) is 0 Å². The summed E-state index contributed by atoms with van der Waals surface area (Å²) in [6, 6.07) is 22.5. The molecule has 0 aromatic heterocycles. The number of thioether (sulfide) groups is 1. The minimum atomic E-state index is -0.125. The van der Waals surface area contributed by atoms with Gasteiger partial charge in [0.25, 0.3) is 0 Å². The van der Waals surface area contributed by atoms with Crippen LogP contribution < -0.4 is 15.0 Å². The number of hydrogen-bond donors (Lipinski definition) is 1. The van der Waals surface area contributed by atoms with Gasteiger partial charge in [0, 0.05) is 35.7 Å². The lowest BCUT2D eigenvalue weighted by Gasteiger charge is -2.22. The molecule has 162 valence electrons. The van der Waals surface area contributed by atoms with Crippen LogP contribution in [0, 0.1) is 0 Å². The highest BCUT2D eigenvalue weighted by Gasteiger charge is 2.38. The normalized spacial score (nSPS) is 16.6. The number of carbonyl (C=O) groups is 1. The van der Waals surface area contributed by atoms with Crippen molar-refractivity contribution in [1.29, 1.82) is 0 Å². The van der Waals surface area contributed by atoms with Crippen LogP contribution in [0.2, 0.25) is 0 Å². The monoisotopic (exact) mass is 442 g/mol. The molecule has 0 saturated carbocycles. The Morgan fingerprint density at radius 2 is 1.75 bits per heavy atom. The topological polar surface area (TPSA) is 41.6 Å². The van der Waals surface area contributed by atoms with Crippen molar-refractivity contribution in [2.24, 2.45) is 0 Å². The zero-order chi connectivity index (χ0) is 22.2. The summed E-state index contributed by atoms with van der Waals surface area (Å²) in [7, 11) is 4.05. The van der Waals surface area contributed by atoms with E-state index in [1.165, 1.54) is 0 Å². The van der Waals surface area contributed by atoms with Gasteiger partial charge in [-0.1, -0.05) is 49.4 Å². The minimum Gasteiger partial charge on any atom is -0.491 e. The second kappa shape index (κ2) is 8.40. The number of benzene rings is 3. The summed E-state index contributed by atoms with van der Waals surface area (Å²) in [4.78, 5) is 16.8. The molecule has 3 aromatic rings. The molecule has 0 bridgehead atoms. The Labute approximate surface area is 193 Å². The lowest BCUT2D eigenvalue weighted by Crippen LogP contribution is -2.13. The number of nitrogens with zero attached hydrogens (tertiary/aromatic N) is 1. The SMILES string of the molecule is CCCOc1ccc(C2Sc3ccccc3NC3=C2C(=O)c2ccccc23)cc1N(C)C. The maximum atomic E-state index is 13.6. The number of anilines is 2. The minimum absolute atomic E-state index is 0.103. The van der Waals surface area contributed by atoms with Gasteiger partial charge in [0.2, 0.25) is 0 Å². The molecule has 0 saturated heterocycles. The molecule has 5 heteroatoms. The van der Waals surface area contributed by atoms with Gasteiger partial charge in [-0.15, -0.1) is 11.8 Å². The number of rotatable bonds is 5. The molecule has 4 nitrogen and oxygen atoms in total. The number of carbonyl (C=O) groups excluding carboxylic acids is 1. The van der Waals surface area contributed by atoms with Crippen molar-refractivity contribution in [1.82, 2.24) is 0 Å². The van der Waals surface area contributed by atoms with Crippen LogP contribution >= 0.6 is 11.8 Å². The van der Waals surface area contributed by atoms with E-state index in [0.29, 0.717) is 6.61 Å². The van der Waals surface area contributed by atoms with E-state index in [2.05, 4.69) is 41.4 Å². The highest BCUT2D eigenvalue weighted by Crippen LogP contribution is 2.53. The van der Waals surface area contributed by atoms with E-state index >= 15 is 0 Å². The molecule has 1 unspecified atom stereocenters. The highest BCUT2D eigenvalue weighted by molar-refractivity contribution is 8.00. The number of nitrogens with one attached hydrogen (secondary N) is 1. The summed E-state index contributed by atoms with van der Waals surface area (Å²) in [5.41, 5.74) is 6.64. The highest BCUT2D eigenvalue weighted by atomic mass is 32.2. The van der Waals surface area contributed by atoms with Crippen LogP contribution in [-0.4, -0.2) is 26.5 Å². The Morgan fingerprint density at radius 1 is 1.00 bits per heavy atom. The average molecular weight is 443 g/mol. The van der Waals surface area contributed by atoms with Gasteiger partial charge in [-0.25, -0.2) is 0 Å². The van der Waals surface area contributed by atoms with E-state index in [4.69, 9.17) is 4.74 Å². The van der Waals surface area contributed by atoms with E-state index < -0.39 is 0 Å². The lowest BCUT2D eigenvalue weighted by molar-refractivity contribution is 0.103. The molecule has 1 N–H and O–H groups in total. The van der Waals surface area contributed by atoms with Gasteiger partial charge in [0.1, 0.15) is 5.75 Å². The molecule has 0 fully saturated rings. The average Bonchev–Trinajstić information content (AvgIpc) is 2.97. The fourth-order valence-corrected chi connectivity index (χ4v) is 5.58. The molecule has 0 spiro atoms. The molecular weight excluding hydrogens is 416 g/mol. The quantitative estimate of drug-likeness (QED) is 0.495. The molecule has 1 aliphatic heterocycles. The molecule has 1 aliphatic carbocycles. The third-order valence-electron chi connectivity index (χ3n) is 5.84. The van der Waals surface area contributed by atoms with Crippen LogP contribution in [0.5, 0.6) is 5.75 Å². The van der Waals surface area contributed by atoms with Crippen LogP contribution in [-0.2, 0) is 0 Å². The first-order valence-corrected chi connectivity index (χ1v) is 11.8. The molecule has 2 aliphatic rings. The molecule has 3 aromatic carbocycles. The third-order valence-corrected chi connectivity index (χ3v) is 7.19. The summed E-state index contributed by atoms with van der Waals surface area (Å²) >= 11 is 1.73. The first kappa shape index (κ1) is 20.7. The molecule has 32 heavy (non-hydrogen) atoms. The summed E-state index contributed by atoms with van der Waals surface area (Å²) in [6.07, 6.45) is 0.957. The fraction of sp³-hybridized carbons (Fsp3) is 0.222. The van der Waals surface area contributed by atoms with Gasteiger partial charge < -0.3 is 15.0 Å². The van der Waals surface area contributed by atoms with Crippen molar-refractivity contribution in [3.8, 4) is 5.75 Å². The Balaban J connectivity index is 1.67. The zero-order valence-corrected chi connectivity index (χ0v) is 19.3. The number of ether oxygens (including phenoxy) is 1. The van der Waals surface area contributed by atoms with Crippen LogP contribution in [0.15, 0.2) is 77.2 Å². The van der Waals surface area contributed by atoms with Gasteiger partial charge in [0.05, 0.1) is 28.9 Å². The lowest BCUT2D eigenvalue weighted by atomic mass is 10.00. The Bertz CT molecular complexity index is 1230. The molecular formula is C27H26N2O2S. The summed E-state index contributed by atoms with van der Waals surface area (Å²) in [5.74, 6) is 0.971. The summed E-state index contributed by atoms with van der Waals surface area (Å²) < 4.78 is 5.99. The van der Waals surface area contributed by atoms with E-state index in [1.54, 1.807) is 11.8 Å². The Kier molecular flexibility index (Phi) is 5.43. The maximum absolute atomic E-state index is 13.6. The van der Waals surface area contributed by atoms with Gasteiger partial charge in [-0.2, -0.15) is 0 Å². The fourth-order valence-electron chi connectivity index (χ4n) is 4.30. The molecule has 1 atom stereocenters. The van der Waals surface area contributed by atoms with Gasteiger partial charge in [-0.05, 0) is 36.2 Å². The van der Waals surface area contributed by atoms with Gasteiger partial charge >= 0.3 is 0 Å². The molecule has 0 amide bonds. The largest absolute Gasteiger partial charge is 0.491 e. The van der Waals surface area contributed by atoms with Crippen molar-refractivity contribution in [3.63, 3.8) is 0 Å². The van der Waals surface area contributed by atoms with Gasteiger partial charge in [0.15, 0.2) is 5.78 Å². The number of fused-ring (bicyclic) bond motifs is 3. The molecule has 5 rings (SSSR count). The van der Waals surface area contributed by atoms with Gasteiger partial charge in [-0.3, -0.25) is 4.79 Å². The maximum Gasteiger partial charge on any atom is 0.193 e. The first-order valence-electron chi connectivity index (χ1n) is 10.9. The number of ketones is 1. The summed E-state index contributed by atoms with van der Waals surface area (Å²) in [5, 5.41) is 3.46. The number of Topliss-reactive ketones (excluding diaryl/α,β-unsaturated/α-hetero) is 1. The molecule has 0 radical (unpaired) electrons. The molecule has 1 heterocycles. The van der Waals surface area contributed by atoms with E-state index in [1.807, 2.05) is 56.6 Å². The standard InChI is InChI=1S/C27H26N2O2S/c1-4-15-31-22-14-13-17(16-21(22)29(2)3)27-24-25(18-9-5-6-10-19(18)26(24)30)28-20-11-7-8-12-23(20)32-27/h5-14,16,27-28H,4,15H2,1-3H3. The predicted molar refractivity (Wildman–Crippen MR) is 133 cm³/mol. The van der Waals surface area contributed by atoms with E-state index in [-0.39, 0.29) is 11.0 Å². The first-order chi connectivity index (χ1) is 15.6. The van der Waals surface area contributed by atoms with E-state index in [0.717, 1.165) is 56.4 Å². The van der Waals surface area contributed by atoms with Crippen molar-refractivity contribution in [2.45, 2.75) is 23.5 Å². The van der Waals surface area contributed by atoms with Crippen molar-refractivity contribution >= 4 is 34.6 Å². The van der Waals surface area contributed by atoms with Crippen molar-refractivity contribution in [3.05, 3.63) is 89.0 Å². The van der Waals surface area contributed by atoms with Crippen LogP contribution in [0.4, 0.5) is 11.4 Å². The zero-order valence-electron chi connectivity index (χ0n) is 18.5. The Morgan fingerprint density at radius 3 is 2.53 bits per heavy atom. The van der Waals surface area contributed by atoms with Crippen LogP contribution in [0.25, 0.3) is 5.70 Å². The van der Waals surface area contributed by atoms with E-state index in [9.17, 15) is 4.79 Å². The van der Waals surface area contributed by atoms with Crippen LogP contribution in [0.1, 0.15) is 40.1 Å². The number of para-hydroxylation sites is 1. The predicted octanol–water partition coefficient (Wildman–Crippen LogP) is 6.41. The number of hydrogen-bond acceptors (Lipinski definition) is 5. The Hall–Kier alpha value is -3.18. The third kappa shape index (κ3) is 3.47. The second-order valence-corrected chi connectivity index (χ2v) is 9.40. The van der Waals surface area contributed by atoms with Crippen molar-refractivity contribution in [2.75, 3.05) is 30.9 Å². The smallest absolute Gasteiger partial charge is 0.193 e. The van der Waals surface area contributed by atoms with Crippen molar-refractivity contribution < 1.29 is 9.53 Å².